The standard InChI is InChI=1S/C27H32N4O2.C9H9N/c1-32-24-15-14-23(25(17-24)33-2)20-31(26(28)16-13-21-9-5-3-6-10-21)27(29)19-30-18-22-11-7-4-8-12-22;1-7-6-10-9-5-3-2-4-8(7)9/h3-12,14-15,17,28-30H,13,16,18-20H2,1-2H3;2-6,10H,1H3. The first-order valence-electron chi connectivity index (χ1n) is 14.4. The zero-order chi connectivity index (χ0) is 30.4. The number of ether oxygens (including phenoxy) is 2. The van der Waals surface area contributed by atoms with Gasteiger partial charge in [-0.2, -0.15) is 0 Å². The molecule has 0 saturated carbocycles. The summed E-state index contributed by atoms with van der Waals surface area (Å²) in [6.45, 7) is 3.52. The maximum Gasteiger partial charge on any atom is 0.127 e. The zero-order valence-corrected chi connectivity index (χ0v) is 25.2. The fourth-order valence-corrected chi connectivity index (χ4v) is 4.78. The Morgan fingerprint density at radius 3 is 2.14 bits per heavy atom. The van der Waals surface area contributed by atoms with Crippen molar-refractivity contribution in [3.8, 4) is 11.5 Å². The number of aryl methyl sites for hydroxylation is 2. The van der Waals surface area contributed by atoms with Crippen LogP contribution in [-0.2, 0) is 19.5 Å². The number of nitrogens with one attached hydrogen (secondary N) is 4. The first-order chi connectivity index (χ1) is 21.0. The van der Waals surface area contributed by atoms with Crippen molar-refractivity contribution >= 4 is 22.6 Å². The van der Waals surface area contributed by atoms with E-state index in [-0.39, 0.29) is 0 Å². The van der Waals surface area contributed by atoms with Crippen LogP contribution in [0.3, 0.4) is 0 Å². The molecule has 0 fully saturated rings. The molecule has 222 valence electrons. The summed E-state index contributed by atoms with van der Waals surface area (Å²) in [7, 11) is 3.24. The molecule has 0 atom stereocenters. The summed E-state index contributed by atoms with van der Waals surface area (Å²) in [6.07, 6.45) is 3.33. The number of hydrogen-bond donors (Lipinski definition) is 4. The van der Waals surface area contributed by atoms with E-state index in [1.165, 1.54) is 22.0 Å². The third-order valence-corrected chi connectivity index (χ3v) is 7.23. The number of aromatic nitrogens is 1. The highest BCUT2D eigenvalue weighted by Gasteiger charge is 2.18. The van der Waals surface area contributed by atoms with Gasteiger partial charge in [0.15, 0.2) is 0 Å². The molecular formula is C36H41N5O2. The molecule has 0 amide bonds. The van der Waals surface area contributed by atoms with Crippen LogP contribution >= 0.6 is 0 Å². The van der Waals surface area contributed by atoms with Gasteiger partial charge < -0.3 is 24.7 Å². The molecule has 0 saturated heterocycles. The summed E-state index contributed by atoms with van der Waals surface area (Å²) in [6, 6.07) is 34.2. The Bertz CT molecular complexity index is 1600. The van der Waals surface area contributed by atoms with E-state index in [1.807, 2.05) is 66.9 Å². The molecule has 4 N–H and O–H groups in total. The number of amidine groups is 2. The Morgan fingerprint density at radius 2 is 1.47 bits per heavy atom. The van der Waals surface area contributed by atoms with E-state index in [1.54, 1.807) is 19.1 Å². The lowest BCUT2D eigenvalue weighted by atomic mass is 10.1. The van der Waals surface area contributed by atoms with E-state index in [2.05, 4.69) is 59.7 Å². The molecule has 7 heteroatoms. The molecule has 7 nitrogen and oxygen atoms in total. The lowest BCUT2D eigenvalue weighted by Gasteiger charge is -2.27. The van der Waals surface area contributed by atoms with E-state index < -0.39 is 0 Å². The predicted octanol–water partition coefficient (Wildman–Crippen LogP) is 7.36. The minimum Gasteiger partial charge on any atom is -0.497 e. The van der Waals surface area contributed by atoms with E-state index in [0.29, 0.717) is 49.2 Å². The fourth-order valence-electron chi connectivity index (χ4n) is 4.78. The quantitative estimate of drug-likeness (QED) is 0.0977. The SMILES string of the molecule is COc1ccc(CN(C(=N)CCc2ccccc2)C(=N)CNCc2ccccc2)c(OC)c1.Cc1c[nH]c2ccccc12. The van der Waals surface area contributed by atoms with Crippen LogP contribution in [0.4, 0.5) is 0 Å². The van der Waals surface area contributed by atoms with Gasteiger partial charge in [0.05, 0.1) is 27.3 Å². The van der Waals surface area contributed by atoms with E-state index in [9.17, 15) is 0 Å². The second kappa shape index (κ2) is 15.9. The number of H-pyrrole nitrogens is 1. The van der Waals surface area contributed by atoms with Crippen molar-refractivity contribution in [1.82, 2.24) is 15.2 Å². The Kier molecular flexibility index (Phi) is 11.5. The first kappa shape index (κ1) is 31.1. The van der Waals surface area contributed by atoms with E-state index >= 15 is 0 Å². The summed E-state index contributed by atoms with van der Waals surface area (Å²) in [5.74, 6) is 2.14. The Balaban J connectivity index is 0.000000353. The monoisotopic (exact) mass is 575 g/mol. The fraction of sp³-hybridized carbons (Fsp3) is 0.222. The van der Waals surface area contributed by atoms with Gasteiger partial charge in [0.2, 0.25) is 0 Å². The van der Waals surface area contributed by atoms with E-state index in [4.69, 9.17) is 20.3 Å². The van der Waals surface area contributed by atoms with E-state index in [0.717, 1.165) is 17.5 Å². The third kappa shape index (κ3) is 9.05. The van der Waals surface area contributed by atoms with Gasteiger partial charge in [0.25, 0.3) is 0 Å². The van der Waals surface area contributed by atoms with Crippen LogP contribution in [0.25, 0.3) is 10.9 Å². The van der Waals surface area contributed by atoms with Crippen LogP contribution < -0.4 is 14.8 Å². The highest BCUT2D eigenvalue weighted by Crippen LogP contribution is 2.26. The number of nitrogens with zero attached hydrogens (tertiary/aromatic N) is 1. The summed E-state index contributed by atoms with van der Waals surface area (Å²) in [5, 5.41) is 22.2. The van der Waals surface area contributed by atoms with Gasteiger partial charge in [-0.1, -0.05) is 78.9 Å². The minimum atomic E-state index is 0.349. The van der Waals surface area contributed by atoms with Crippen molar-refractivity contribution in [1.29, 1.82) is 10.8 Å². The third-order valence-electron chi connectivity index (χ3n) is 7.23. The van der Waals surface area contributed by atoms with Crippen molar-refractivity contribution in [2.24, 2.45) is 0 Å². The van der Waals surface area contributed by atoms with Crippen molar-refractivity contribution < 1.29 is 9.47 Å². The summed E-state index contributed by atoms with van der Waals surface area (Å²) >= 11 is 0. The predicted molar refractivity (Wildman–Crippen MR) is 176 cm³/mol. The van der Waals surface area contributed by atoms with Gasteiger partial charge in [0, 0.05) is 41.7 Å². The second-order valence-corrected chi connectivity index (χ2v) is 10.2. The normalized spacial score (nSPS) is 10.5. The Morgan fingerprint density at radius 1 is 0.791 bits per heavy atom. The van der Waals surface area contributed by atoms with Gasteiger partial charge in [-0.3, -0.25) is 10.8 Å². The molecular weight excluding hydrogens is 534 g/mol. The molecule has 0 aliphatic heterocycles. The lowest BCUT2D eigenvalue weighted by molar-refractivity contribution is 0.387. The van der Waals surface area contributed by atoms with Gasteiger partial charge in [-0.15, -0.1) is 0 Å². The molecule has 4 aromatic carbocycles. The summed E-state index contributed by atoms with van der Waals surface area (Å²) in [4.78, 5) is 4.94. The molecule has 5 aromatic rings. The molecule has 0 aliphatic carbocycles. The molecule has 0 spiro atoms. The number of rotatable bonds is 11. The first-order valence-corrected chi connectivity index (χ1v) is 14.4. The molecule has 0 unspecified atom stereocenters. The number of fused-ring (bicyclic) bond motifs is 1. The van der Waals surface area contributed by atoms with Crippen LogP contribution in [0.15, 0.2) is 109 Å². The average Bonchev–Trinajstić information content (AvgIpc) is 3.44. The van der Waals surface area contributed by atoms with Crippen LogP contribution in [0, 0.1) is 17.7 Å². The topological polar surface area (TPSA) is 97.2 Å². The van der Waals surface area contributed by atoms with Crippen molar-refractivity contribution in [2.75, 3.05) is 20.8 Å². The number of para-hydroxylation sites is 1. The van der Waals surface area contributed by atoms with Gasteiger partial charge >= 0.3 is 0 Å². The minimum absolute atomic E-state index is 0.349. The Hall–Kier alpha value is -4.88. The van der Waals surface area contributed by atoms with Crippen LogP contribution in [-0.4, -0.2) is 42.3 Å². The van der Waals surface area contributed by atoms with Gasteiger partial charge in [0.1, 0.15) is 23.2 Å². The van der Waals surface area contributed by atoms with Crippen molar-refractivity contribution in [3.05, 3.63) is 132 Å². The summed E-state index contributed by atoms with van der Waals surface area (Å²) < 4.78 is 10.9. The molecule has 5 rings (SSSR count). The molecule has 0 aliphatic rings. The van der Waals surface area contributed by atoms with Crippen molar-refractivity contribution in [2.45, 2.75) is 32.9 Å². The largest absolute Gasteiger partial charge is 0.497 e. The van der Waals surface area contributed by atoms with Gasteiger partial charge in [-0.05, 0) is 48.2 Å². The molecule has 0 radical (unpaired) electrons. The molecule has 0 bridgehead atoms. The van der Waals surface area contributed by atoms with Crippen molar-refractivity contribution in [3.63, 3.8) is 0 Å². The second-order valence-electron chi connectivity index (χ2n) is 10.2. The highest BCUT2D eigenvalue weighted by molar-refractivity contribution is 5.99. The highest BCUT2D eigenvalue weighted by atomic mass is 16.5. The van der Waals surface area contributed by atoms with Crippen LogP contribution in [0.5, 0.6) is 11.5 Å². The zero-order valence-electron chi connectivity index (χ0n) is 25.2. The maximum absolute atomic E-state index is 8.77. The molecule has 43 heavy (non-hydrogen) atoms. The maximum atomic E-state index is 8.77. The number of aromatic amines is 1. The number of hydrogen-bond acceptors (Lipinski definition) is 5. The smallest absolute Gasteiger partial charge is 0.127 e. The van der Waals surface area contributed by atoms with Crippen LogP contribution in [0.1, 0.15) is 28.7 Å². The lowest BCUT2D eigenvalue weighted by Crippen LogP contribution is -2.41. The Labute approximate surface area is 254 Å². The molecule has 1 aromatic heterocycles. The summed E-state index contributed by atoms with van der Waals surface area (Å²) in [5.41, 5.74) is 5.77. The number of benzene rings is 4. The number of methoxy groups -OCH3 is 2. The van der Waals surface area contributed by atoms with Crippen LogP contribution in [0.2, 0.25) is 0 Å². The van der Waals surface area contributed by atoms with Gasteiger partial charge in [-0.25, -0.2) is 0 Å². The average molecular weight is 576 g/mol. The molecule has 1 heterocycles.